The van der Waals surface area contributed by atoms with Crippen LogP contribution in [0.15, 0.2) is 24.3 Å². The Bertz CT molecular complexity index is 272. The number of benzene rings is 1. The zero-order chi connectivity index (χ0) is 8.39. The van der Waals surface area contributed by atoms with Crippen molar-refractivity contribution in [3.63, 3.8) is 0 Å². The van der Waals surface area contributed by atoms with Crippen LogP contribution in [-0.4, -0.2) is 11.9 Å². The molecule has 0 fully saturated rings. The Kier molecular flexibility index (Phi) is 2.47. The fraction of sp³-hybridized carbons (Fsp3) is 0.400. The Balaban J connectivity index is 2.37. The van der Waals surface area contributed by atoms with Crippen LogP contribution in [0.4, 0.5) is 0 Å². The first-order valence-corrected chi connectivity index (χ1v) is 5.29. The third kappa shape index (κ3) is 1.41. The molecular weight excluding hydrogens is 216 g/mol. The first-order chi connectivity index (χ1) is 5.92. The zero-order valence-corrected chi connectivity index (χ0v) is 8.38. The van der Waals surface area contributed by atoms with Crippen LogP contribution in [0.3, 0.4) is 0 Å². The Hall–Kier alpha value is -0.340. The highest BCUT2D eigenvalue weighted by Gasteiger charge is 2.18. The van der Waals surface area contributed by atoms with E-state index in [0.717, 1.165) is 18.4 Å². The number of rotatable bonds is 1. The summed E-state index contributed by atoms with van der Waals surface area (Å²) in [7, 11) is 0. The third-order valence-electron chi connectivity index (χ3n) is 2.23. The highest BCUT2D eigenvalue weighted by Crippen LogP contribution is 2.27. The van der Waals surface area contributed by atoms with Crippen molar-refractivity contribution in [2.24, 2.45) is 0 Å². The van der Waals surface area contributed by atoms with Crippen molar-refractivity contribution in [2.45, 2.75) is 12.5 Å². The summed E-state index contributed by atoms with van der Waals surface area (Å²) >= 11 is 3.46. The van der Waals surface area contributed by atoms with Crippen molar-refractivity contribution in [1.29, 1.82) is 0 Å². The number of hydrogen-bond donors (Lipinski definition) is 0. The summed E-state index contributed by atoms with van der Waals surface area (Å²) in [5.41, 5.74) is 2.79. The van der Waals surface area contributed by atoms with Crippen LogP contribution in [0.2, 0.25) is 0 Å². The average Bonchev–Trinajstić information content (AvgIpc) is 2.17. The van der Waals surface area contributed by atoms with E-state index in [2.05, 4.69) is 40.2 Å². The first-order valence-electron chi connectivity index (χ1n) is 4.17. The van der Waals surface area contributed by atoms with E-state index in [9.17, 15) is 0 Å². The van der Waals surface area contributed by atoms with Crippen molar-refractivity contribution in [2.75, 3.05) is 11.9 Å². The highest BCUT2D eigenvalue weighted by molar-refractivity contribution is 9.09. The minimum absolute atomic E-state index is 0.259. The Morgan fingerprint density at radius 1 is 1.42 bits per heavy atom. The summed E-state index contributed by atoms with van der Waals surface area (Å²) < 4.78 is 5.61. The van der Waals surface area contributed by atoms with E-state index in [1.54, 1.807) is 0 Å². The maximum atomic E-state index is 5.61. The number of fused-ring (bicyclic) bond motifs is 1. The molecule has 1 aliphatic rings. The molecule has 0 spiro atoms. The molecule has 1 atom stereocenters. The molecule has 12 heavy (non-hydrogen) atoms. The monoisotopic (exact) mass is 226 g/mol. The number of ether oxygens (including phenoxy) is 1. The summed E-state index contributed by atoms with van der Waals surface area (Å²) in [6.45, 7) is 0.854. The van der Waals surface area contributed by atoms with E-state index in [1.165, 1.54) is 11.1 Å². The van der Waals surface area contributed by atoms with Gasteiger partial charge in [-0.15, -0.1) is 0 Å². The van der Waals surface area contributed by atoms with E-state index < -0.39 is 0 Å². The molecule has 0 saturated carbocycles. The summed E-state index contributed by atoms with van der Waals surface area (Å²) in [6, 6.07) is 8.51. The van der Waals surface area contributed by atoms with Crippen LogP contribution in [0, 0.1) is 0 Å². The molecule has 0 aliphatic carbocycles. The summed E-state index contributed by atoms with van der Waals surface area (Å²) in [5, 5.41) is 0.893. The van der Waals surface area contributed by atoms with Crippen molar-refractivity contribution < 1.29 is 4.74 Å². The van der Waals surface area contributed by atoms with E-state index in [0.29, 0.717) is 0 Å². The van der Waals surface area contributed by atoms with Crippen molar-refractivity contribution in [3.05, 3.63) is 35.4 Å². The molecule has 2 heteroatoms. The van der Waals surface area contributed by atoms with Gasteiger partial charge in [0.25, 0.3) is 0 Å². The maximum absolute atomic E-state index is 5.61. The van der Waals surface area contributed by atoms with Crippen molar-refractivity contribution in [1.82, 2.24) is 0 Å². The molecule has 0 saturated heterocycles. The fourth-order valence-corrected chi connectivity index (χ4v) is 2.14. The van der Waals surface area contributed by atoms with Crippen molar-refractivity contribution >= 4 is 15.9 Å². The normalized spacial score (nSPS) is 21.9. The van der Waals surface area contributed by atoms with Gasteiger partial charge in [-0.1, -0.05) is 40.2 Å². The van der Waals surface area contributed by atoms with Gasteiger partial charge in [0, 0.05) is 5.33 Å². The second-order valence-electron chi connectivity index (χ2n) is 2.96. The zero-order valence-electron chi connectivity index (χ0n) is 6.79. The predicted molar refractivity (Wildman–Crippen MR) is 52.6 cm³/mol. The molecule has 0 N–H and O–H groups in total. The standard InChI is InChI=1S/C10H11BrO/c11-7-10-9-4-2-1-3-8(9)5-6-12-10/h1-4,10H,5-7H2/t10-/m1/s1. The molecule has 1 aliphatic heterocycles. The average molecular weight is 227 g/mol. The second-order valence-corrected chi connectivity index (χ2v) is 3.61. The smallest absolute Gasteiger partial charge is 0.0924 e. The van der Waals surface area contributed by atoms with Gasteiger partial charge in [0.1, 0.15) is 0 Å². The van der Waals surface area contributed by atoms with E-state index >= 15 is 0 Å². The van der Waals surface area contributed by atoms with Gasteiger partial charge in [0.2, 0.25) is 0 Å². The largest absolute Gasteiger partial charge is 0.372 e. The van der Waals surface area contributed by atoms with Gasteiger partial charge >= 0.3 is 0 Å². The topological polar surface area (TPSA) is 9.23 Å². The number of halogens is 1. The van der Waals surface area contributed by atoms with Gasteiger partial charge in [-0.3, -0.25) is 0 Å². The SMILES string of the molecule is BrC[C@H]1OCCc2ccccc21. The van der Waals surface area contributed by atoms with Crippen LogP contribution in [0.25, 0.3) is 0 Å². The number of alkyl halides is 1. The molecule has 0 unspecified atom stereocenters. The molecule has 0 radical (unpaired) electrons. The molecule has 0 aromatic heterocycles. The van der Waals surface area contributed by atoms with Gasteiger partial charge in [-0.05, 0) is 17.5 Å². The lowest BCUT2D eigenvalue weighted by Crippen LogP contribution is -2.16. The Morgan fingerprint density at radius 3 is 3.08 bits per heavy atom. The molecule has 1 nitrogen and oxygen atoms in total. The lowest BCUT2D eigenvalue weighted by molar-refractivity contribution is 0.0596. The number of hydrogen-bond acceptors (Lipinski definition) is 1. The van der Waals surface area contributed by atoms with Gasteiger partial charge < -0.3 is 4.74 Å². The summed E-state index contributed by atoms with van der Waals surface area (Å²) in [5.74, 6) is 0. The van der Waals surface area contributed by atoms with E-state index in [-0.39, 0.29) is 6.10 Å². The molecule has 64 valence electrons. The molecule has 1 heterocycles. The highest BCUT2D eigenvalue weighted by atomic mass is 79.9. The van der Waals surface area contributed by atoms with Crippen molar-refractivity contribution in [3.8, 4) is 0 Å². The molecule has 0 bridgehead atoms. The predicted octanol–water partition coefficient (Wildman–Crippen LogP) is 2.70. The van der Waals surface area contributed by atoms with Gasteiger partial charge in [0.05, 0.1) is 12.7 Å². The molecule has 1 aromatic rings. The minimum Gasteiger partial charge on any atom is -0.372 e. The summed E-state index contributed by atoms with van der Waals surface area (Å²) in [4.78, 5) is 0. The Morgan fingerprint density at radius 2 is 2.25 bits per heavy atom. The van der Waals surface area contributed by atoms with E-state index in [4.69, 9.17) is 4.74 Å². The first kappa shape index (κ1) is 8.27. The fourth-order valence-electron chi connectivity index (χ4n) is 1.60. The van der Waals surface area contributed by atoms with Crippen LogP contribution in [-0.2, 0) is 11.2 Å². The summed E-state index contributed by atoms with van der Waals surface area (Å²) in [6.07, 6.45) is 1.31. The van der Waals surface area contributed by atoms with Crippen LogP contribution >= 0.6 is 15.9 Å². The second kappa shape index (κ2) is 3.58. The third-order valence-corrected chi connectivity index (χ3v) is 2.82. The van der Waals surface area contributed by atoms with Crippen LogP contribution in [0.1, 0.15) is 17.2 Å². The van der Waals surface area contributed by atoms with Crippen LogP contribution in [0.5, 0.6) is 0 Å². The van der Waals surface area contributed by atoms with Gasteiger partial charge in [0.15, 0.2) is 0 Å². The molecule has 2 rings (SSSR count). The van der Waals surface area contributed by atoms with Gasteiger partial charge in [-0.25, -0.2) is 0 Å². The van der Waals surface area contributed by atoms with Gasteiger partial charge in [-0.2, -0.15) is 0 Å². The molecular formula is C10H11BrO. The lowest BCUT2D eigenvalue weighted by atomic mass is 9.99. The molecule has 0 amide bonds. The van der Waals surface area contributed by atoms with Crippen LogP contribution < -0.4 is 0 Å². The van der Waals surface area contributed by atoms with E-state index in [1.807, 2.05) is 0 Å². The minimum atomic E-state index is 0.259. The molecule has 1 aromatic carbocycles. The quantitative estimate of drug-likeness (QED) is 0.670. The maximum Gasteiger partial charge on any atom is 0.0924 e. The Labute approximate surface area is 80.9 Å². The lowest BCUT2D eigenvalue weighted by Gasteiger charge is -2.24.